The van der Waals surface area contributed by atoms with Crippen molar-refractivity contribution in [3.8, 4) is 0 Å². The van der Waals surface area contributed by atoms with E-state index in [0.29, 0.717) is 44.2 Å². The number of esters is 1. The van der Waals surface area contributed by atoms with Gasteiger partial charge in [-0.25, -0.2) is 4.79 Å². The lowest BCUT2D eigenvalue weighted by atomic mass is 10.1. The average molecular weight is 466 g/mol. The van der Waals surface area contributed by atoms with Gasteiger partial charge < -0.3 is 19.9 Å². The van der Waals surface area contributed by atoms with Crippen molar-refractivity contribution in [1.29, 1.82) is 0 Å². The van der Waals surface area contributed by atoms with E-state index in [9.17, 15) is 24.5 Å². The molecule has 10 heteroatoms. The molecule has 2 aromatic rings. The van der Waals surface area contributed by atoms with E-state index in [2.05, 4.69) is 5.32 Å². The van der Waals surface area contributed by atoms with E-state index in [0.717, 1.165) is 5.56 Å². The van der Waals surface area contributed by atoms with Crippen LogP contribution < -0.4 is 10.2 Å². The Morgan fingerprint density at radius 3 is 2.35 bits per heavy atom. The molecule has 10 nitrogen and oxygen atoms in total. The van der Waals surface area contributed by atoms with Crippen LogP contribution in [-0.2, 0) is 14.3 Å². The topological polar surface area (TPSA) is 122 Å². The minimum Gasteiger partial charge on any atom is -0.463 e. The third-order valence-corrected chi connectivity index (χ3v) is 5.37. The van der Waals surface area contributed by atoms with Gasteiger partial charge >= 0.3 is 5.97 Å². The summed E-state index contributed by atoms with van der Waals surface area (Å²) in [4.78, 5) is 50.4. The molecule has 0 aliphatic carbocycles. The summed E-state index contributed by atoms with van der Waals surface area (Å²) >= 11 is 0. The molecular formula is C24H26N4O6. The molecule has 0 bridgehead atoms. The molecule has 1 heterocycles. The van der Waals surface area contributed by atoms with Gasteiger partial charge in [0.2, 0.25) is 5.91 Å². The zero-order valence-corrected chi connectivity index (χ0v) is 19.0. The first kappa shape index (κ1) is 24.4. The van der Waals surface area contributed by atoms with Crippen LogP contribution in [0.5, 0.6) is 0 Å². The molecule has 34 heavy (non-hydrogen) atoms. The molecule has 0 saturated carbocycles. The number of amides is 2. The Labute approximate surface area is 196 Å². The number of nitro groups is 1. The third-order valence-electron chi connectivity index (χ3n) is 5.37. The van der Waals surface area contributed by atoms with Gasteiger partial charge in [0.05, 0.1) is 11.5 Å². The van der Waals surface area contributed by atoms with Gasteiger partial charge in [0, 0.05) is 56.5 Å². The largest absolute Gasteiger partial charge is 0.463 e. The fourth-order valence-electron chi connectivity index (χ4n) is 3.58. The summed E-state index contributed by atoms with van der Waals surface area (Å²) in [6, 6.07) is 11.2. The number of rotatable bonds is 7. The van der Waals surface area contributed by atoms with Gasteiger partial charge in [0.1, 0.15) is 5.69 Å². The summed E-state index contributed by atoms with van der Waals surface area (Å²) < 4.78 is 4.83. The smallest absolute Gasteiger partial charge is 0.330 e. The molecule has 0 aromatic heterocycles. The van der Waals surface area contributed by atoms with E-state index in [1.165, 1.54) is 19.1 Å². The van der Waals surface area contributed by atoms with Crippen LogP contribution >= 0.6 is 0 Å². The molecule has 178 valence electrons. The molecule has 2 amide bonds. The summed E-state index contributed by atoms with van der Waals surface area (Å²) in [5.41, 5.74) is 1.66. The number of anilines is 2. The van der Waals surface area contributed by atoms with Gasteiger partial charge in [0.15, 0.2) is 0 Å². The van der Waals surface area contributed by atoms with Gasteiger partial charge in [-0.15, -0.1) is 0 Å². The van der Waals surface area contributed by atoms with Crippen LogP contribution in [0.1, 0.15) is 29.8 Å². The lowest BCUT2D eigenvalue weighted by Gasteiger charge is -2.35. The van der Waals surface area contributed by atoms with E-state index in [1.807, 2.05) is 4.90 Å². The maximum Gasteiger partial charge on any atom is 0.330 e. The number of nitro benzene ring substituents is 1. The second kappa shape index (κ2) is 11.1. The van der Waals surface area contributed by atoms with Crippen LogP contribution in [0.3, 0.4) is 0 Å². The fourth-order valence-corrected chi connectivity index (χ4v) is 3.58. The second-order valence-electron chi connectivity index (χ2n) is 7.62. The van der Waals surface area contributed by atoms with E-state index >= 15 is 0 Å². The van der Waals surface area contributed by atoms with Gasteiger partial charge in [-0.3, -0.25) is 19.7 Å². The zero-order valence-electron chi connectivity index (χ0n) is 19.0. The summed E-state index contributed by atoms with van der Waals surface area (Å²) in [5, 5.41) is 14.4. The Balaban J connectivity index is 1.69. The lowest BCUT2D eigenvalue weighted by molar-refractivity contribution is -0.384. The number of hydrogen-bond acceptors (Lipinski definition) is 7. The lowest BCUT2D eigenvalue weighted by Crippen LogP contribution is -2.48. The van der Waals surface area contributed by atoms with E-state index < -0.39 is 16.8 Å². The Morgan fingerprint density at radius 1 is 1.09 bits per heavy atom. The van der Waals surface area contributed by atoms with Crippen molar-refractivity contribution in [1.82, 2.24) is 4.90 Å². The molecule has 2 aromatic carbocycles. The summed E-state index contributed by atoms with van der Waals surface area (Å²) in [6.45, 7) is 5.44. The summed E-state index contributed by atoms with van der Waals surface area (Å²) in [6.07, 6.45) is 2.92. The van der Waals surface area contributed by atoms with E-state index in [1.54, 1.807) is 54.3 Å². The molecule has 1 aliphatic heterocycles. The quantitative estimate of drug-likeness (QED) is 0.288. The monoisotopic (exact) mass is 466 g/mol. The standard InChI is InChI=1S/C24H26N4O6/c1-3-34-23(30)11-6-18-4-8-20(9-5-18)25-24(31)19-7-10-21(22(16-19)28(32)33)27-14-12-26(13-15-27)17(2)29/h4-11,16H,3,12-15H2,1-2H3,(H,25,31)/b11-6+. The maximum atomic E-state index is 12.7. The number of carbonyl (C=O) groups is 3. The molecule has 1 saturated heterocycles. The molecule has 3 rings (SSSR count). The second-order valence-corrected chi connectivity index (χ2v) is 7.62. The van der Waals surface area contributed by atoms with Crippen molar-refractivity contribution in [3.05, 3.63) is 69.8 Å². The van der Waals surface area contributed by atoms with Crippen LogP contribution in [0.15, 0.2) is 48.5 Å². The predicted octanol–water partition coefficient (Wildman–Crippen LogP) is 3.09. The minimum absolute atomic E-state index is 0.0239. The first-order valence-electron chi connectivity index (χ1n) is 10.8. The van der Waals surface area contributed by atoms with Crippen molar-refractivity contribution in [2.75, 3.05) is 43.0 Å². The van der Waals surface area contributed by atoms with E-state index in [4.69, 9.17) is 4.74 Å². The van der Waals surface area contributed by atoms with Crippen LogP contribution in [0.25, 0.3) is 6.08 Å². The average Bonchev–Trinajstić information content (AvgIpc) is 2.83. The SMILES string of the molecule is CCOC(=O)/C=C/c1ccc(NC(=O)c2ccc(N3CCN(C(C)=O)CC3)c([N+](=O)[O-])c2)cc1. The van der Waals surface area contributed by atoms with Crippen molar-refractivity contribution < 1.29 is 24.0 Å². The number of nitrogens with one attached hydrogen (secondary N) is 1. The summed E-state index contributed by atoms with van der Waals surface area (Å²) in [5.74, 6) is -0.944. The molecule has 0 spiro atoms. The fraction of sp³-hybridized carbons (Fsp3) is 0.292. The highest BCUT2D eigenvalue weighted by Crippen LogP contribution is 2.30. The predicted molar refractivity (Wildman–Crippen MR) is 128 cm³/mol. The zero-order chi connectivity index (χ0) is 24.7. The molecule has 1 aliphatic rings. The first-order chi connectivity index (χ1) is 16.3. The van der Waals surface area contributed by atoms with Crippen molar-refractivity contribution in [2.24, 2.45) is 0 Å². The van der Waals surface area contributed by atoms with Gasteiger partial charge in [-0.1, -0.05) is 12.1 Å². The van der Waals surface area contributed by atoms with E-state index in [-0.39, 0.29) is 17.2 Å². The molecule has 0 unspecified atom stereocenters. The molecular weight excluding hydrogens is 440 g/mol. The maximum absolute atomic E-state index is 12.7. The summed E-state index contributed by atoms with van der Waals surface area (Å²) in [7, 11) is 0. The van der Waals surface area contributed by atoms with Crippen molar-refractivity contribution in [2.45, 2.75) is 13.8 Å². The van der Waals surface area contributed by atoms with Gasteiger partial charge in [-0.2, -0.15) is 0 Å². The molecule has 0 radical (unpaired) electrons. The Bertz CT molecular complexity index is 1100. The van der Waals surface area contributed by atoms with Gasteiger partial charge in [0.25, 0.3) is 11.6 Å². The number of ether oxygens (including phenoxy) is 1. The Morgan fingerprint density at radius 2 is 1.76 bits per heavy atom. The number of nitrogens with zero attached hydrogens (tertiary/aromatic N) is 3. The number of hydrogen-bond donors (Lipinski definition) is 1. The number of carbonyl (C=O) groups excluding carboxylic acids is 3. The van der Waals surface area contributed by atoms with Crippen LogP contribution in [-0.4, -0.2) is 60.4 Å². The van der Waals surface area contributed by atoms with Crippen molar-refractivity contribution >= 4 is 40.9 Å². The Kier molecular flexibility index (Phi) is 7.96. The highest BCUT2D eigenvalue weighted by Gasteiger charge is 2.26. The normalized spacial score (nSPS) is 13.6. The minimum atomic E-state index is -0.506. The highest BCUT2D eigenvalue weighted by molar-refractivity contribution is 6.05. The van der Waals surface area contributed by atoms with Crippen LogP contribution in [0.4, 0.5) is 17.1 Å². The molecule has 1 N–H and O–H groups in total. The number of benzene rings is 2. The Hall–Kier alpha value is -4.21. The molecule has 1 fully saturated rings. The highest BCUT2D eigenvalue weighted by atomic mass is 16.6. The van der Waals surface area contributed by atoms with Crippen molar-refractivity contribution in [3.63, 3.8) is 0 Å². The first-order valence-corrected chi connectivity index (χ1v) is 10.8. The third kappa shape index (κ3) is 6.18. The van der Waals surface area contributed by atoms with Crippen LogP contribution in [0.2, 0.25) is 0 Å². The number of piperazine rings is 1. The van der Waals surface area contributed by atoms with Gasteiger partial charge in [-0.05, 0) is 42.8 Å². The van der Waals surface area contributed by atoms with Crippen LogP contribution in [0, 0.1) is 10.1 Å². The molecule has 0 atom stereocenters.